The molecule has 62 heavy (non-hydrogen) atoms. The molecule has 0 atom stereocenters. The third kappa shape index (κ3) is 5.54. The normalized spacial score (nSPS) is 11.9. The molecule has 0 radical (unpaired) electrons. The van der Waals surface area contributed by atoms with E-state index in [9.17, 15) is 0 Å². The second kappa shape index (κ2) is 14.0. The topological polar surface area (TPSA) is 16.4 Å². The predicted molar refractivity (Wildman–Crippen MR) is 268 cm³/mol. The van der Waals surface area contributed by atoms with Crippen LogP contribution >= 0.6 is 22.7 Å². The van der Waals surface area contributed by atoms with Crippen molar-refractivity contribution in [3.8, 4) is 33.4 Å². The fourth-order valence-electron chi connectivity index (χ4n) is 9.56. The van der Waals surface area contributed by atoms with Gasteiger partial charge in [-0.15, -0.1) is 22.7 Å². The van der Waals surface area contributed by atoms with Crippen LogP contribution in [0.25, 0.3) is 106 Å². The van der Waals surface area contributed by atoms with Crippen LogP contribution in [0.5, 0.6) is 0 Å². The Morgan fingerprint density at radius 1 is 0.355 bits per heavy atom. The van der Waals surface area contributed by atoms with Gasteiger partial charge in [-0.05, 0) is 98.8 Å². The zero-order valence-corrected chi connectivity index (χ0v) is 35.0. The van der Waals surface area contributed by atoms with E-state index in [1.165, 1.54) is 84.4 Å². The molecule has 0 spiro atoms. The summed E-state index contributed by atoms with van der Waals surface area (Å²) in [7, 11) is 0. The van der Waals surface area contributed by atoms with Crippen LogP contribution in [0.4, 0.5) is 17.1 Å². The first-order valence-corrected chi connectivity index (χ1v) is 22.6. The van der Waals surface area contributed by atoms with E-state index < -0.39 is 0 Å². The third-order valence-corrected chi connectivity index (χ3v) is 14.9. The van der Waals surface area contributed by atoms with E-state index in [4.69, 9.17) is 4.42 Å². The van der Waals surface area contributed by atoms with Crippen molar-refractivity contribution >= 4 is 113 Å². The Morgan fingerprint density at radius 2 is 0.952 bits per heavy atom. The standard InChI is InChI=1S/C58H35NOS2/c1-2-16-43-37(12-1)13-10-20-44(43)38-30-32-41(33-31-38)59(51-22-11-21-47-45-17-4-7-24-53(45)61-57(47)51)42-15-9-14-40(34-42)36-26-28-39(29-27-36)49-35-50-46-18-5-8-25-54(46)62-58(50)56-55(49)48-19-3-6-23-52(48)60-56/h1-35H. The Balaban J connectivity index is 0.939. The first-order chi connectivity index (χ1) is 30.7. The maximum Gasteiger partial charge on any atom is 0.153 e. The monoisotopic (exact) mass is 825 g/mol. The number of thiophene rings is 2. The van der Waals surface area contributed by atoms with Crippen LogP contribution in [0.2, 0.25) is 0 Å². The molecular formula is C58H35NOS2. The molecule has 2 nitrogen and oxygen atoms in total. The molecule has 10 aromatic carbocycles. The number of hydrogen-bond donors (Lipinski definition) is 0. The largest absolute Gasteiger partial charge is 0.455 e. The lowest BCUT2D eigenvalue weighted by molar-refractivity contribution is 0.673. The maximum absolute atomic E-state index is 6.66. The van der Waals surface area contributed by atoms with Crippen molar-refractivity contribution in [1.82, 2.24) is 0 Å². The van der Waals surface area contributed by atoms with E-state index in [0.717, 1.165) is 39.1 Å². The van der Waals surface area contributed by atoms with Gasteiger partial charge in [0.2, 0.25) is 0 Å². The van der Waals surface area contributed by atoms with Gasteiger partial charge < -0.3 is 9.32 Å². The van der Waals surface area contributed by atoms with Gasteiger partial charge >= 0.3 is 0 Å². The lowest BCUT2D eigenvalue weighted by atomic mass is 9.95. The zero-order valence-electron chi connectivity index (χ0n) is 33.4. The molecule has 13 aromatic rings. The number of fused-ring (bicyclic) bond motifs is 11. The molecule has 290 valence electrons. The highest BCUT2D eigenvalue weighted by Crippen LogP contribution is 2.48. The van der Waals surface area contributed by atoms with Gasteiger partial charge in [0, 0.05) is 53.1 Å². The summed E-state index contributed by atoms with van der Waals surface area (Å²) in [5, 5.41) is 9.90. The quantitative estimate of drug-likeness (QED) is 0.166. The molecule has 3 heterocycles. The number of anilines is 3. The number of para-hydroxylation sites is 1. The second-order valence-electron chi connectivity index (χ2n) is 16.0. The molecule has 0 amide bonds. The SMILES string of the molecule is c1cc(-c2ccc(-c3cc4c5ccccc5sc4c4oc5ccccc5c34)cc2)cc(N(c2ccc(-c3cccc4ccccc34)cc2)c2cccc3c2sc2ccccc23)c1. The van der Waals surface area contributed by atoms with Crippen molar-refractivity contribution in [1.29, 1.82) is 0 Å². The highest BCUT2D eigenvalue weighted by molar-refractivity contribution is 7.27. The van der Waals surface area contributed by atoms with Gasteiger partial charge in [0.1, 0.15) is 5.58 Å². The number of furan rings is 1. The summed E-state index contributed by atoms with van der Waals surface area (Å²) in [5.74, 6) is 0. The predicted octanol–water partition coefficient (Wildman–Crippen LogP) is 17.9. The summed E-state index contributed by atoms with van der Waals surface area (Å²) in [4.78, 5) is 2.43. The Labute approximate surface area is 365 Å². The summed E-state index contributed by atoms with van der Waals surface area (Å²) in [6, 6.07) is 77.4. The highest BCUT2D eigenvalue weighted by Gasteiger charge is 2.21. The van der Waals surface area contributed by atoms with Crippen LogP contribution in [0.15, 0.2) is 217 Å². The van der Waals surface area contributed by atoms with Crippen LogP contribution in [0, 0.1) is 0 Å². The molecule has 0 unspecified atom stereocenters. The fourth-order valence-corrected chi connectivity index (χ4v) is 11.9. The highest BCUT2D eigenvalue weighted by atomic mass is 32.1. The van der Waals surface area contributed by atoms with Crippen molar-refractivity contribution < 1.29 is 4.42 Å². The minimum atomic E-state index is 0.918. The number of benzene rings is 10. The Morgan fingerprint density at radius 3 is 1.77 bits per heavy atom. The molecule has 0 fully saturated rings. The molecule has 3 aromatic heterocycles. The van der Waals surface area contributed by atoms with Crippen LogP contribution in [-0.4, -0.2) is 0 Å². The first kappa shape index (κ1) is 35.3. The smallest absolute Gasteiger partial charge is 0.153 e. The van der Waals surface area contributed by atoms with Crippen molar-refractivity contribution in [2.75, 3.05) is 4.90 Å². The second-order valence-corrected chi connectivity index (χ2v) is 18.1. The van der Waals surface area contributed by atoms with E-state index >= 15 is 0 Å². The summed E-state index contributed by atoms with van der Waals surface area (Å²) < 4.78 is 11.7. The van der Waals surface area contributed by atoms with E-state index in [0.29, 0.717) is 0 Å². The lowest BCUT2D eigenvalue weighted by Gasteiger charge is -2.27. The lowest BCUT2D eigenvalue weighted by Crippen LogP contribution is -2.10. The van der Waals surface area contributed by atoms with Gasteiger partial charge in [-0.3, -0.25) is 0 Å². The van der Waals surface area contributed by atoms with Crippen molar-refractivity contribution in [3.05, 3.63) is 212 Å². The molecule has 0 aliphatic heterocycles. The Kier molecular flexibility index (Phi) is 7.99. The van der Waals surface area contributed by atoms with Gasteiger partial charge in [-0.1, -0.05) is 158 Å². The summed E-state index contributed by atoms with van der Waals surface area (Å²) in [6.07, 6.45) is 0. The Hall–Kier alpha value is -7.50. The molecule has 4 heteroatoms. The van der Waals surface area contributed by atoms with Crippen molar-refractivity contribution in [3.63, 3.8) is 0 Å². The number of rotatable bonds is 6. The molecule has 0 bridgehead atoms. The van der Waals surface area contributed by atoms with Crippen LogP contribution in [-0.2, 0) is 0 Å². The molecule has 0 saturated heterocycles. The minimum Gasteiger partial charge on any atom is -0.455 e. The summed E-state index contributed by atoms with van der Waals surface area (Å²) in [6.45, 7) is 0. The van der Waals surface area contributed by atoms with Gasteiger partial charge in [0.15, 0.2) is 5.58 Å². The van der Waals surface area contributed by atoms with Gasteiger partial charge in [0.25, 0.3) is 0 Å². The van der Waals surface area contributed by atoms with Gasteiger partial charge in [-0.2, -0.15) is 0 Å². The van der Waals surface area contributed by atoms with Crippen LogP contribution in [0.1, 0.15) is 0 Å². The number of hydrogen-bond acceptors (Lipinski definition) is 4. The average Bonchev–Trinajstić information content (AvgIpc) is 4.04. The fraction of sp³-hybridized carbons (Fsp3) is 0. The molecule has 13 rings (SSSR count). The van der Waals surface area contributed by atoms with E-state index in [2.05, 4.69) is 217 Å². The first-order valence-electron chi connectivity index (χ1n) is 21.0. The molecule has 0 aliphatic carbocycles. The van der Waals surface area contributed by atoms with Gasteiger partial charge in [0.05, 0.1) is 15.1 Å². The van der Waals surface area contributed by atoms with E-state index in [-0.39, 0.29) is 0 Å². The number of nitrogens with zero attached hydrogens (tertiary/aromatic N) is 1. The molecular weight excluding hydrogens is 791 g/mol. The molecule has 0 saturated carbocycles. The van der Waals surface area contributed by atoms with Crippen LogP contribution < -0.4 is 4.90 Å². The summed E-state index contributed by atoms with van der Waals surface area (Å²) >= 11 is 3.68. The van der Waals surface area contributed by atoms with Crippen molar-refractivity contribution in [2.45, 2.75) is 0 Å². The molecule has 0 aliphatic rings. The van der Waals surface area contributed by atoms with E-state index in [1.54, 1.807) is 0 Å². The molecule has 0 N–H and O–H groups in total. The summed E-state index contributed by atoms with van der Waals surface area (Å²) in [5.41, 5.74) is 12.4. The van der Waals surface area contributed by atoms with Crippen molar-refractivity contribution in [2.24, 2.45) is 0 Å². The third-order valence-electron chi connectivity index (χ3n) is 12.5. The maximum atomic E-state index is 6.66. The zero-order chi connectivity index (χ0) is 40.7. The minimum absolute atomic E-state index is 0.918. The average molecular weight is 826 g/mol. The van der Waals surface area contributed by atoms with E-state index in [1.807, 2.05) is 22.7 Å². The Bertz CT molecular complexity index is 3860. The van der Waals surface area contributed by atoms with Gasteiger partial charge in [-0.25, -0.2) is 0 Å². The van der Waals surface area contributed by atoms with Crippen LogP contribution in [0.3, 0.4) is 0 Å².